The Bertz CT molecular complexity index is 513. The maximum atomic E-state index is 12.3. The molecular formula is C18H25NO3. The van der Waals surface area contributed by atoms with Gasteiger partial charge in [0.2, 0.25) is 5.91 Å². The standard InChI is InChI=1S/C18H25NO3/c1-13-4-2-3-5-15(13)10-18(20)19-16-12-21-9-8-17(16)22-11-14-6-7-14/h2-5,14,16-17H,6-12H2,1H3,(H,19,20)/t16-,17+/m1/s1. The fourth-order valence-corrected chi connectivity index (χ4v) is 2.84. The molecule has 4 heteroatoms. The lowest BCUT2D eigenvalue weighted by Gasteiger charge is -2.32. The van der Waals surface area contributed by atoms with E-state index in [2.05, 4.69) is 5.32 Å². The first-order valence-corrected chi connectivity index (χ1v) is 8.25. The van der Waals surface area contributed by atoms with Crippen molar-refractivity contribution in [1.82, 2.24) is 5.32 Å². The molecule has 1 aliphatic heterocycles. The summed E-state index contributed by atoms with van der Waals surface area (Å²) in [5.74, 6) is 0.788. The molecule has 2 fully saturated rings. The van der Waals surface area contributed by atoms with Crippen LogP contribution in [-0.2, 0) is 20.7 Å². The summed E-state index contributed by atoms with van der Waals surface area (Å²) < 4.78 is 11.5. The second-order valence-electron chi connectivity index (χ2n) is 6.46. The lowest BCUT2D eigenvalue weighted by atomic mass is 10.0. The van der Waals surface area contributed by atoms with Gasteiger partial charge in [-0.2, -0.15) is 0 Å². The van der Waals surface area contributed by atoms with Gasteiger partial charge in [0.05, 0.1) is 25.2 Å². The normalized spacial score (nSPS) is 25.0. The Morgan fingerprint density at radius 1 is 1.32 bits per heavy atom. The highest BCUT2D eigenvalue weighted by Crippen LogP contribution is 2.30. The Hall–Kier alpha value is -1.39. The largest absolute Gasteiger partial charge is 0.379 e. The number of amides is 1. The zero-order chi connectivity index (χ0) is 15.4. The van der Waals surface area contributed by atoms with Crippen molar-refractivity contribution in [1.29, 1.82) is 0 Å². The molecule has 0 aromatic heterocycles. The number of hydrogen-bond acceptors (Lipinski definition) is 3. The second kappa shape index (κ2) is 7.25. The molecule has 1 heterocycles. The molecule has 4 nitrogen and oxygen atoms in total. The van der Waals surface area contributed by atoms with Crippen LogP contribution in [0.1, 0.15) is 30.4 Å². The van der Waals surface area contributed by atoms with Crippen LogP contribution in [0.15, 0.2) is 24.3 Å². The average Bonchev–Trinajstić information content (AvgIpc) is 3.33. The van der Waals surface area contributed by atoms with Gasteiger partial charge in [-0.15, -0.1) is 0 Å². The van der Waals surface area contributed by atoms with Crippen molar-refractivity contribution >= 4 is 5.91 Å². The summed E-state index contributed by atoms with van der Waals surface area (Å²) in [7, 11) is 0. The predicted octanol–water partition coefficient (Wildman–Crippen LogP) is 2.24. The van der Waals surface area contributed by atoms with E-state index in [4.69, 9.17) is 9.47 Å². The molecule has 0 spiro atoms. The van der Waals surface area contributed by atoms with Crippen LogP contribution in [0, 0.1) is 12.8 Å². The van der Waals surface area contributed by atoms with Crippen molar-refractivity contribution in [2.75, 3.05) is 19.8 Å². The number of benzene rings is 1. The van der Waals surface area contributed by atoms with Gasteiger partial charge in [0, 0.05) is 13.2 Å². The van der Waals surface area contributed by atoms with Crippen LogP contribution in [-0.4, -0.2) is 37.9 Å². The van der Waals surface area contributed by atoms with Crippen LogP contribution in [0.3, 0.4) is 0 Å². The van der Waals surface area contributed by atoms with Crippen molar-refractivity contribution in [3.05, 3.63) is 35.4 Å². The Morgan fingerprint density at radius 3 is 2.91 bits per heavy atom. The summed E-state index contributed by atoms with van der Waals surface area (Å²) in [6.45, 7) is 4.14. The second-order valence-corrected chi connectivity index (χ2v) is 6.46. The highest BCUT2D eigenvalue weighted by Gasteiger charge is 2.30. The molecule has 1 aliphatic carbocycles. The topological polar surface area (TPSA) is 47.6 Å². The van der Waals surface area contributed by atoms with E-state index in [0.717, 1.165) is 36.7 Å². The molecular weight excluding hydrogens is 278 g/mol. The number of aryl methyl sites for hydroxylation is 1. The van der Waals surface area contributed by atoms with Crippen molar-refractivity contribution in [2.24, 2.45) is 5.92 Å². The minimum absolute atomic E-state index is 0.0241. The van der Waals surface area contributed by atoms with E-state index in [-0.39, 0.29) is 18.1 Å². The van der Waals surface area contributed by atoms with Crippen molar-refractivity contribution in [3.8, 4) is 0 Å². The first-order valence-electron chi connectivity index (χ1n) is 8.25. The third-order valence-corrected chi connectivity index (χ3v) is 4.49. The molecule has 0 radical (unpaired) electrons. The van der Waals surface area contributed by atoms with Gasteiger partial charge in [-0.1, -0.05) is 24.3 Å². The molecule has 1 aromatic carbocycles. The van der Waals surface area contributed by atoms with Crippen LogP contribution in [0.2, 0.25) is 0 Å². The number of ether oxygens (including phenoxy) is 2. The molecule has 0 unspecified atom stereocenters. The smallest absolute Gasteiger partial charge is 0.224 e. The van der Waals surface area contributed by atoms with Gasteiger partial charge in [0.1, 0.15) is 0 Å². The van der Waals surface area contributed by atoms with Crippen LogP contribution < -0.4 is 5.32 Å². The fraction of sp³-hybridized carbons (Fsp3) is 0.611. The monoisotopic (exact) mass is 303 g/mol. The molecule has 22 heavy (non-hydrogen) atoms. The van der Waals surface area contributed by atoms with Gasteiger partial charge in [0.25, 0.3) is 0 Å². The molecule has 0 bridgehead atoms. The lowest BCUT2D eigenvalue weighted by Crippen LogP contribution is -2.51. The summed E-state index contributed by atoms with van der Waals surface area (Å²) >= 11 is 0. The van der Waals surface area contributed by atoms with Gasteiger partial charge in [-0.3, -0.25) is 4.79 Å². The first kappa shape index (κ1) is 15.5. The molecule has 2 atom stereocenters. The van der Waals surface area contributed by atoms with Gasteiger partial charge in [0.15, 0.2) is 0 Å². The van der Waals surface area contributed by atoms with E-state index in [0.29, 0.717) is 13.0 Å². The van der Waals surface area contributed by atoms with Crippen LogP contribution in [0.25, 0.3) is 0 Å². The zero-order valence-electron chi connectivity index (χ0n) is 13.2. The average molecular weight is 303 g/mol. The number of hydrogen-bond donors (Lipinski definition) is 1. The Morgan fingerprint density at radius 2 is 2.14 bits per heavy atom. The summed E-state index contributed by atoms with van der Waals surface area (Å²) in [6.07, 6.45) is 3.94. The molecule has 1 N–H and O–H groups in total. The Kier molecular flexibility index (Phi) is 5.11. The van der Waals surface area contributed by atoms with E-state index >= 15 is 0 Å². The lowest BCUT2D eigenvalue weighted by molar-refractivity contribution is -0.125. The third kappa shape index (κ3) is 4.31. The van der Waals surface area contributed by atoms with Crippen molar-refractivity contribution < 1.29 is 14.3 Å². The van der Waals surface area contributed by atoms with E-state index in [1.54, 1.807) is 0 Å². The van der Waals surface area contributed by atoms with Gasteiger partial charge < -0.3 is 14.8 Å². The third-order valence-electron chi connectivity index (χ3n) is 4.49. The Labute approximate surface area is 132 Å². The maximum absolute atomic E-state index is 12.3. The molecule has 1 saturated heterocycles. The summed E-state index contributed by atoms with van der Waals surface area (Å²) in [5.41, 5.74) is 2.23. The zero-order valence-corrected chi connectivity index (χ0v) is 13.2. The van der Waals surface area contributed by atoms with Gasteiger partial charge >= 0.3 is 0 Å². The van der Waals surface area contributed by atoms with E-state index < -0.39 is 0 Å². The van der Waals surface area contributed by atoms with Gasteiger partial charge in [-0.25, -0.2) is 0 Å². The van der Waals surface area contributed by atoms with Gasteiger partial charge in [-0.05, 0) is 43.2 Å². The molecule has 1 saturated carbocycles. The number of carbonyl (C=O) groups excluding carboxylic acids is 1. The molecule has 3 rings (SSSR count). The fourth-order valence-electron chi connectivity index (χ4n) is 2.84. The highest BCUT2D eigenvalue weighted by atomic mass is 16.5. The predicted molar refractivity (Wildman–Crippen MR) is 84.7 cm³/mol. The summed E-state index contributed by atoms with van der Waals surface area (Å²) in [4.78, 5) is 12.3. The number of carbonyl (C=O) groups is 1. The molecule has 1 aromatic rings. The van der Waals surface area contributed by atoms with Crippen molar-refractivity contribution in [3.63, 3.8) is 0 Å². The minimum Gasteiger partial charge on any atom is -0.379 e. The SMILES string of the molecule is Cc1ccccc1CC(=O)N[C@@H]1COCC[C@@H]1OCC1CC1. The summed E-state index contributed by atoms with van der Waals surface area (Å²) in [5, 5.41) is 3.10. The molecule has 120 valence electrons. The minimum atomic E-state index is -0.0241. The van der Waals surface area contributed by atoms with Crippen LogP contribution in [0.5, 0.6) is 0 Å². The highest BCUT2D eigenvalue weighted by molar-refractivity contribution is 5.79. The van der Waals surface area contributed by atoms with E-state index in [9.17, 15) is 4.79 Å². The summed E-state index contributed by atoms with van der Waals surface area (Å²) in [6, 6.07) is 7.99. The van der Waals surface area contributed by atoms with E-state index in [1.807, 2.05) is 31.2 Å². The maximum Gasteiger partial charge on any atom is 0.224 e. The molecule has 2 aliphatic rings. The van der Waals surface area contributed by atoms with Crippen LogP contribution >= 0.6 is 0 Å². The Balaban J connectivity index is 1.52. The van der Waals surface area contributed by atoms with Crippen molar-refractivity contribution in [2.45, 2.75) is 44.8 Å². The van der Waals surface area contributed by atoms with E-state index in [1.165, 1.54) is 12.8 Å². The quantitative estimate of drug-likeness (QED) is 0.877. The van der Waals surface area contributed by atoms with Crippen LogP contribution in [0.4, 0.5) is 0 Å². The molecule has 1 amide bonds. The number of nitrogens with one attached hydrogen (secondary N) is 1. The number of rotatable bonds is 6. The first-order chi connectivity index (χ1) is 10.7.